The third kappa shape index (κ3) is 1.50. The molecule has 0 spiro atoms. The number of benzene rings is 2. The van der Waals surface area contributed by atoms with Gasteiger partial charge in [-0.2, -0.15) is 0 Å². The van der Waals surface area contributed by atoms with Crippen LogP contribution < -0.4 is 10.1 Å². The van der Waals surface area contributed by atoms with Crippen LogP contribution in [0.3, 0.4) is 0 Å². The highest BCUT2D eigenvalue weighted by Gasteiger charge is 2.58. The lowest BCUT2D eigenvalue weighted by Gasteiger charge is -2.36. The van der Waals surface area contributed by atoms with Crippen molar-refractivity contribution in [2.45, 2.75) is 52.0 Å². The van der Waals surface area contributed by atoms with Gasteiger partial charge in [0.25, 0.3) is 0 Å². The first-order valence-electron chi connectivity index (χ1n) is 8.40. The van der Waals surface area contributed by atoms with Crippen LogP contribution in [0.1, 0.15) is 47.2 Å². The number of hydrogen-bond donors (Lipinski definition) is 1. The number of anilines is 1. The molecule has 120 valence electrons. The number of methoxy groups -OCH3 is 1. The van der Waals surface area contributed by atoms with Gasteiger partial charge in [0, 0.05) is 11.1 Å². The summed E-state index contributed by atoms with van der Waals surface area (Å²) in [6, 6.07) is 8.88. The lowest BCUT2D eigenvalue weighted by atomic mass is 9.69. The van der Waals surface area contributed by atoms with E-state index in [4.69, 9.17) is 4.74 Å². The Morgan fingerprint density at radius 3 is 2.39 bits per heavy atom. The van der Waals surface area contributed by atoms with Crippen LogP contribution >= 0.6 is 0 Å². The van der Waals surface area contributed by atoms with Crippen LogP contribution in [0, 0.1) is 20.8 Å². The summed E-state index contributed by atoms with van der Waals surface area (Å²) in [6.45, 7) is 11.4. The van der Waals surface area contributed by atoms with E-state index in [9.17, 15) is 0 Å². The summed E-state index contributed by atoms with van der Waals surface area (Å²) < 4.78 is 5.76. The molecule has 0 amide bonds. The number of fused-ring (bicyclic) bond motifs is 5. The maximum atomic E-state index is 5.76. The molecule has 2 nitrogen and oxygen atoms in total. The van der Waals surface area contributed by atoms with Crippen LogP contribution in [0.4, 0.5) is 5.69 Å². The fourth-order valence-corrected chi connectivity index (χ4v) is 5.09. The summed E-state index contributed by atoms with van der Waals surface area (Å²) in [7, 11) is 1.79. The van der Waals surface area contributed by atoms with Crippen LogP contribution in [0.15, 0.2) is 24.3 Å². The zero-order valence-corrected chi connectivity index (χ0v) is 14.9. The van der Waals surface area contributed by atoms with Gasteiger partial charge >= 0.3 is 0 Å². The molecule has 0 radical (unpaired) electrons. The van der Waals surface area contributed by atoms with E-state index in [0.717, 1.165) is 12.2 Å². The maximum Gasteiger partial charge on any atom is 0.125 e. The minimum absolute atomic E-state index is 0.0553. The van der Waals surface area contributed by atoms with E-state index in [1.165, 1.54) is 39.1 Å². The quantitative estimate of drug-likeness (QED) is 0.819. The molecule has 2 aromatic rings. The van der Waals surface area contributed by atoms with Crippen LogP contribution in [0.5, 0.6) is 5.75 Å². The van der Waals surface area contributed by atoms with Crippen molar-refractivity contribution in [3.05, 3.63) is 57.6 Å². The molecule has 1 N–H and O–H groups in total. The zero-order chi connectivity index (χ0) is 16.6. The first-order valence-corrected chi connectivity index (χ1v) is 8.40. The summed E-state index contributed by atoms with van der Waals surface area (Å²) in [4.78, 5) is 0. The Morgan fingerprint density at radius 2 is 1.70 bits per heavy atom. The molecule has 1 heterocycles. The molecule has 1 aliphatic carbocycles. The highest BCUT2D eigenvalue weighted by Crippen LogP contribution is 2.62. The molecule has 23 heavy (non-hydrogen) atoms. The van der Waals surface area contributed by atoms with Crippen molar-refractivity contribution in [2.24, 2.45) is 0 Å². The van der Waals surface area contributed by atoms with Gasteiger partial charge in [0.05, 0.1) is 12.6 Å². The van der Waals surface area contributed by atoms with Crippen LogP contribution in [0.25, 0.3) is 0 Å². The molecule has 0 aromatic heterocycles. The first kappa shape index (κ1) is 14.6. The summed E-state index contributed by atoms with van der Waals surface area (Å²) in [5.74, 6) is 1.05. The molecule has 1 aliphatic heterocycles. The van der Waals surface area contributed by atoms with Gasteiger partial charge < -0.3 is 10.1 Å². The Kier molecular flexibility index (Phi) is 2.74. The van der Waals surface area contributed by atoms with Crippen molar-refractivity contribution in [1.29, 1.82) is 0 Å². The summed E-state index contributed by atoms with van der Waals surface area (Å²) in [5, 5.41) is 3.92. The topological polar surface area (TPSA) is 21.3 Å². The minimum atomic E-state index is -0.0553. The van der Waals surface area contributed by atoms with Crippen molar-refractivity contribution in [1.82, 2.24) is 0 Å². The predicted octanol–water partition coefficient (Wildman–Crippen LogP) is 4.78. The molecular weight excluding hydrogens is 282 g/mol. The van der Waals surface area contributed by atoms with Crippen molar-refractivity contribution >= 4 is 5.69 Å². The monoisotopic (exact) mass is 307 g/mol. The average molecular weight is 307 g/mol. The summed E-state index contributed by atoms with van der Waals surface area (Å²) in [6.07, 6.45) is 1.08. The van der Waals surface area contributed by atoms with E-state index in [-0.39, 0.29) is 11.0 Å². The number of nitrogens with one attached hydrogen (secondary N) is 1. The number of rotatable bonds is 1. The van der Waals surface area contributed by atoms with Crippen molar-refractivity contribution in [3.8, 4) is 5.75 Å². The van der Waals surface area contributed by atoms with Crippen molar-refractivity contribution in [2.75, 3.05) is 12.4 Å². The van der Waals surface area contributed by atoms with Gasteiger partial charge in [-0.15, -0.1) is 0 Å². The second-order valence-corrected chi connectivity index (χ2v) is 7.57. The maximum absolute atomic E-state index is 5.76. The third-order valence-corrected chi connectivity index (χ3v) is 6.58. The normalized spacial score (nSPS) is 27.2. The van der Waals surface area contributed by atoms with E-state index < -0.39 is 0 Å². The SMILES string of the molecule is COc1c(C)c(C)c2c(c1C)C1(C)Cc3ccccc3C1(C)N2. The Labute approximate surface area is 138 Å². The average Bonchev–Trinajstić information content (AvgIpc) is 2.88. The number of hydrogen-bond acceptors (Lipinski definition) is 2. The largest absolute Gasteiger partial charge is 0.496 e. The van der Waals surface area contributed by atoms with Gasteiger partial charge in [0.1, 0.15) is 5.75 Å². The predicted molar refractivity (Wildman–Crippen MR) is 95.7 cm³/mol. The molecule has 2 heteroatoms. The summed E-state index contributed by atoms with van der Waals surface area (Å²) >= 11 is 0. The first-order chi connectivity index (χ1) is 10.8. The molecule has 0 saturated carbocycles. The highest BCUT2D eigenvalue weighted by atomic mass is 16.5. The van der Waals surface area contributed by atoms with Crippen molar-refractivity contribution in [3.63, 3.8) is 0 Å². The highest BCUT2D eigenvalue weighted by molar-refractivity contribution is 5.78. The van der Waals surface area contributed by atoms with Gasteiger partial charge in [-0.05, 0) is 67.5 Å². The molecule has 2 aromatic carbocycles. The van der Waals surface area contributed by atoms with Gasteiger partial charge in [-0.25, -0.2) is 0 Å². The van der Waals surface area contributed by atoms with E-state index in [2.05, 4.69) is 64.2 Å². The second-order valence-electron chi connectivity index (χ2n) is 7.57. The fraction of sp³-hybridized carbons (Fsp3) is 0.429. The van der Waals surface area contributed by atoms with Gasteiger partial charge in [0.2, 0.25) is 0 Å². The smallest absolute Gasteiger partial charge is 0.125 e. The molecule has 2 aliphatic rings. The van der Waals surface area contributed by atoms with Crippen LogP contribution in [-0.4, -0.2) is 7.11 Å². The lowest BCUT2D eigenvalue weighted by Crippen LogP contribution is -2.42. The Morgan fingerprint density at radius 1 is 1.00 bits per heavy atom. The van der Waals surface area contributed by atoms with E-state index in [1.54, 1.807) is 7.11 Å². The van der Waals surface area contributed by atoms with Gasteiger partial charge in [-0.3, -0.25) is 0 Å². The van der Waals surface area contributed by atoms with Crippen molar-refractivity contribution < 1.29 is 4.74 Å². The van der Waals surface area contributed by atoms with Gasteiger partial charge in [-0.1, -0.05) is 31.2 Å². The zero-order valence-electron chi connectivity index (χ0n) is 14.9. The molecule has 2 atom stereocenters. The Hall–Kier alpha value is -1.96. The lowest BCUT2D eigenvalue weighted by molar-refractivity contribution is 0.337. The van der Waals surface area contributed by atoms with E-state index in [1.807, 2.05) is 0 Å². The minimum Gasteiger partial charge on any atom is -0.496 e. The summed E-state index contributed by atoms with van der Waals surface area (Å²) in [5.41, 5.74) is 9.52. The van der Waals surface area contributed by atoms with Crippen LogP contribution in [0.2, 0.25) is 0 Å². The molecular formula is C21H25NO. The fourth-order valence-electron chi connectivity index (χ4n) is 5.09. The molecule has 4 rings (SSSR count). The van der Waals surface area contributed by atoms with Gasteiger partial charge in [0.15, 0.2) is 0 Å². The molecule has 0 saturated heterocycles. The number of ether oxygens (including phenoxy) is 1. The molecule has 2 unspecified atom stereocenters. The third-order valence-electron chi connectivity index (χ3n) is 6.58. The van der Waals surface area contributed by atoms with Crippen LogP contribution in [-0.2, 0) is 17.4 Å². The Bertz CT molecular complexity index is 838. The van der Waals surface area contributed by atoms with E-state index >= 15 is 0 Å². The molecule has 0 fully saturated rings. The standard InChI is InChI=1S/C21H25NO/c1-12-13(2)19(23-6)14(3)17-18(12)22-21(5)16-10-8-7-9-15(16)11-20(17,21)4/h7-10,22H,11H2,1-6H3. The molecule has 0 bridgehead atoms. The second kappa shape index (κ2) is 4.31. The Balaban J connectivity index is 2.05. The van der Waals surface area contributed by atoms with E-state index in [0.29, 0.717) is 0 Å².